The number of ether oxygens (including phenoxy) is 1. The monoisotopic (exact) mass is 324 g/mol. The molecule has 2 aromatic heterocycles. The molecule has 24 heavy (non-hydrogen) atoms. The number of anilines is 1. The highest BCUT2D eigenvalue weighted by molar-refractivity contribution is 5.92. The van der Waals surface area contributed by atoms with Crippen LogP contribution in [0, 0.1) is 20.8 Å². The molecule has 1 amide bonds. The van der Waals surface area contributed by atoms with Crippen molar-refractivity contribution in [2.24, 2.45) is 7.05 Å². The van der Waals surface area contributed by atoms with Gasteiger partial charge in [-0.2, -0.15) is 5.10 Å². The predicted molar refractivity (Wildman–Crippen MR) is 93.3 cm³/mol. The molecular formula is C18H20N4O2. The van der Waals surface area contributed by atoms with Gasteiger partial charge in [0.1, 0.15) is 17.1 Å². The number of pyridine rings is 1. The van der Waals surface area contributed by atoms with Gasteiger partial charge in [-0.3, -0.25) is 9.48 Å². The van der Waals surface area contributed by atoms with E-state index in [4.69, 9.17) is 4.74 Å². The van der Waals surface area contributed by atoms with Crippen LogP contribution in [0.2, 0.25) is 0 Å². The van der Waals surface area contributed by atoms with Crippen molar-refractivity contribution in [3.05, 3.63) is 47.3 Å². The first-order valence-corrected chi connectivity index (χ1v) is 7.73. The molecule has 0 saturated carbocycles. The Bertz CT molecular complexity index is 915. The number of carbonyl (C=O) groups is 1. The van der Waals surface area contributed by atoms with Crippen molar-refractivity contribution >= 4 is 22.6 Å². The maximum atomic E-state index is 12.1. The van der Waals surface area contributed by atoms with Gasteiger partial charge in [-0.25, -0.2) is 4.98 Å². The van der Waals surface area contributed by atoms with Crippen LogP contribution in [0.4, 0.5) is 5.82 Å². The molecule has 0 aliphatic carbocycles. The molecule has 0 aliphatic rings. The standard InChI is InChI=1S/C18H20N4O2/c1-11-7-14-6-5-12(2)19-18(14)15(8-11)24-10-17(23)20-16-9-13(3)21-22(16)4/h5-9H,10H2,1-4H3,(H,20,23). The van der Waals surface area contributed by atoms with Gasteiger partial charge in [-0.15, -0.1) is 0 Å². The van der Waals surface area contributed by atoms with E-state index in [1.54, 1.807) is 11.7 Å². The second kappa shape index (κ2) is 6.31. The van der Waals surface area contributed by atoms with Crippen molar-refractivity contribution < 1.29 is 9.53 Å². The van der Waals surface area contributed by atoms with Gasteiger partial charge in [0.25, 0.3) is 5.91 Å². The van der Waals surface area contributed by atoms with Crippen LogP contribution < -0.4 is 10.1 Å². The predicted octanol–water partition coefficient (Wildman–Crippen LogP) is 2.91. The van der Waals surface area contributed by atoms with Crippen LogP contribution in [0.15, 0.2) is 30.3 Å². The number of benzene rings is 1. The molecule has 0 spiro atoms. The Balaban J connectivity index is 1.76. The van der Waals surface area contributed by atoms with E-state index in [-0.39, 0.29) is 12.5 Å². The van der Waals surface area contributed by atoms with E-state index in [1.165, 1.54) is 0 Å². The van der Waals surface area contributed by atoms with Crippen LogP contribution in [-0.4, -0.2) is 27.3 Å². The summed E-state index contributed by atoms with van der Waals surface area (Å²) in [5, 5.41) is 7.99. The lowest BCUT2D eigenvalue weighted by molar-refractivity contribution is -0.118. The fourth-order valence-electron chi connectivity index (χ4n) is 2.60. The summed E-state index contributed by atoms with van der Waals surface area (Å²) in [4.78, 5) is 16.7. The third kappa shape index (κ3) is 3.37. The Hall–Kier alpha value is -2.89. The second-order valence-electron chi connectivity index (χ2n) is 5.92. The van der Waals surface area contributed by atoms with E-state index >= 15 is 0 Å². The fraction of sp³-hybridized carbons (Fsp3) is 0.278. The van der Waals surface area contributed by atoms with Gasteiger partial charge in [0.2, 0.25) is 0 Å². The van der Waals surface area contributed by atoms with E-state index in [1.807, 2.05) is 51.1 Å². The van der Waals surface area contributed by atoms with Crippen molar-refractivity contribution in [1.29, 1.82) is 0 Å². The molecule has 2 heterocycles. The third-order valence-electron chi connectivity index (χ3n) is 3.67. The number of aromatic nitrogens is 3. The van der Waals surface area contributed by atoms with Crippen LogP contribution in [0.5, 0.6) is 5.75 Å². The van der Waals surface area contributed by atoms with Crippen molar-refractivity contribution in [3.8, 4) is 5.75 Å². The molecule has 3 rings (SSSR count). The number of amides is 1. The largest absolute Gasteiger partial charge is 0.481 e. The number of nitrogens with zero attached hydrogens (tertiary/aromatic N) is 3. The summed E-state index contributed by atoms with van der Waals surface area (Å²) in [5.74, 6) is 1.02. The number of hydrogen-bond acceptors (Lipinski definition) is 4. The van der Waals surface area contributed by atoms with Crippen molar-refractivity contribution in [2.45, 2.75) is 20.8 Å². The molecule has 6 nitrogen and oxygen atoms in total. The number of hydrogen-bond donors (Lipinski definition) is 1. The molecule has 0 bridgehead atoms. The number of rotatable bonds is 4. The van der Waals surface area contributed by atoms with Gasteiger partial charge in [-0.1, -0.05) is 6.07 Å². The normalized spacial score (nSPS) is 10.8. The molecule has 1 aromatic carbocycles. The van der Waals surface area contributed by atoms with E-state index in [0.717, 1.165) is 27.9 Å². The third-order valence-corrected chi connectivity index (χ3v) is 3.67. The minimum absolute atomic E-state index is 0.0849. The molecule has 0 saturated heterocycles. The van der Waals surface area contributed by atoms with E-state index in [0.29, 0.717) is 11.6 Å². The molecule has 0 atom stereocenters. The van der Waals surface area contributed by atoms with E-state index in [9.17, 15) is 4.79 Å². The van der Waals surface area contributed by atoms with Crippen LogP contribution in [-0.2, 0) is 11.8 Å². The van der Waals surface area contributed by atoms with Gasteiger partial charge < -0.3 is 10.1 Å². The van der Waals surface area contributed by atoms with Crippen LogP contribution in [0.1, 0.15) is 17.0 Å². The minimum Gasteiger partial charge on any atom is -0.481 e. The van der Waals surface area contributed by atoms with Gasteiger partial charge in [0.15, 0.2) is 6.61 Å². The summed E-state index contributed by atoms with van der Waals surface area (Å²) in [5.41, 5.74) is 3.58. The first-order valence-electron chi connectivity index (χ1n) is 7.73. The quantitative estimate of drug-likeness (QED) is 0.801. The average Bonchev–Trinajstić information content (AvgIpc) is 2.83. The first-order chi connectivity index (χ1) is 11.4. The molecule has 1 N–H and O–H groups in total. The number of fused-ring (bicyclic) bond motifs is 1. The van der Waals surface area contributed by atoms with Crippen LogP contribution in [0.25, 0.3) is 10.9 Å². The zero-order valence-corrected chi connectivity index (χ0v) is 14.3. The molecule has 0 unspecified atom stereocenters. The molecule has 124 valence electrons. The van der Waals surface area contributed by atoms with E-state index < -0.39 is 0 Å². The summed E-state index contributed by atoms with van der Waals surface area (Å²) in [7, 11) is 1.78. The Labute approximate surface area is 140 Å². The Morgan fingerprint density at radius 2 is 1.96 bits per heavy atom. The molecule has 0 radical (unpaired) electrons. The molecular weight excluding hydrogens is 304 g/mol. The van der Waals surface area contributed by atoms with Crippen LogP contribution >= 0.6 is 0 Å². The summed E-state index contributed by atoms with van der Waals surface area (Å²) in [6, 6.07) is 9.73. The molecule has 0 fully saturated rings. The maximum absolute atomic E-state index is 12.1. The van der Waals surface area contributed by atoms with E-state index in [2.05, 4.69) is 15.4 Å². The highest BCUT2D eigenvalue weighted by Gasteiger charge is 2.11. The van der Waals surface area contributed by atoms with Crippen molar-refractivity contribution in [2.75, 3.05) is 11.9 Å². The van der Waals surface area contributed by atoms with Gasteiger partial charge in [0, 0.05) is 24.2 Å². The summed E-state index contributed by atoms with van der Waals surface area (Å²) >= 11 is 0. The lowest BCUT2D eigenvalue weighted by Crippen LogP contribution is -2.21. The number of aryl methyl sites for hydroxylation is 4. The molecule has 0 aliphatic heterocycles. The SMILES string of the molecule is Cc1cc(OCC(=O)Nc2cc(C)nn2C)c2nc(C)ccc2c1. The maximum Gasteiger partial charge on any atom is 0.263 e. The van der Waals surface area contributed by atoms with Crippen LogP contribution in [0.3, 0.4) is 0 Å². The zero-order chi connectivity index (χ0) is 17.3. The topological polar surface area (TPSA) is 69.0 Å². The highest BCUT2D eigenvalue weighted by atomic mass is 16.5. The number of nitrogens with one attached hydrogen (secondary N) is 1. The Morgan fingerprint density at radius 3 is 2.67 bits per heavy atom. The summed E-state index contributed by atoms with van der Waals surface area (Å²) in [6.45, 7) is 5.71. The first kappa shape index (κ1) is 16.0. The zero-order valence-electron chi connectivity index (χ0n) is 14.3. The Morgan fingerprint density at radius 1 is 1.17 bits per heavy atom. The van der Waals surface area contributed by atoms with Gasteiger partial charge in [0.05, 0.1) is 5.69 Å². The molecule has 3 aromatic rings. The van der Waals surface area contributed by atoms with Gasteiger partial charge >= 0.3 is 0 Å². The lowest BCUT2D eigenvalue weighted by Gasteiger charge is -2.11. The number of carbonyl (C=O) groups excluding carboxylic acids is 1. The fourth-order valence-corrected chi connectivity index (χ4v) is 2.60. The smallest absolute Gasteiger partial charge is 0.263 e. The minimum atomic E-state index is -0.236. The average molecular weight is 324 g/mol. The summed E-state index contributed by atoms with van der Waals surface area (Å²) < 4.78 is 7.36. The van der Waals surface area contributed by atoms with Crippen molar-refractivity contribution in [1.82, 2.24) is 14.8 Å². The summed E-state index contributed by atoms with van der Waals surface area (Å²) in [6.07, 6.45) is 0. The van der Waals surface area contributed by atoms with Crippen molar-refractivity contribution in [3.63, 3.8) is 0 Å². The lowest BCUT2D eigenvalue weighted by atomic mass is 10.1. The molecule has 6 heteroatoms. The Kier molecular flexibility index (Phi) is 4.20. The highest BCUT2D eigenvalue weighted by Crippen LogP contribution is 2.26. The van der Waals surface area contributed by atoms with Gasteiger partial charge in [-0.05, 0) is 44.5 Å². The second-order valence-corrected chi connectivity index (χ2v) is 5.92.